The molecule has 0 unspecified atom stereocenters. The summed E-state index contributed by atoms with van der Waals surface area (Å²) in [7, 11) is 1.70. The first-order valence-corrected chi connectivity index (χ1v) is 14.0. The van der Waals surface area contributed by atoms with Crippen molar-refractivity contribution in [3.05, 3.63) is 23.3 Å². The number of β-lactam (4-membered cyclic amide) rings is 1. The summed E-state index contributed by atoms with van der Waals surface area (Å²) in [5.41, 5.74) is -0.337. The molecule has 191 valence electrons. The Labute approximate surface area is 207 Å². The van der Waals surface area contributed by atoms with E-state index in [1.165, 1.54) is 14.2 Å². The molecule has 9 nitrogen and oxygen atoms in total. The van der Waals surface area contributed by atoms with Crippen molar-refractivity contribution in [3.63, 3.8) is 0 Å². The Kier molecular flexibility index (Phi) is 7.20. The Morgan fingerprint density at radius 3 is 2.11 bits per heavy atom. The molecule has 3 rings (SSSR count). The lowest BCUT2D eigenvalue weighted by atomic mass is 9.59. The van der Waals surface area contributed by atoms with Gasteiger partial charge in [0.1, 0.15) is 0 Å². The van der Waals surface area contributed by atoms with E-state index >= 15 is 0 Å². The molecule has 35 heavy (non-hydrogen) atoms. The normalized spacial score (nSPS) is 23.9. The highest BCUT2D eigenvalue weighted by Gasteiger charge is 2.66. The van der Waals surface area contributed by atoms with Gasteiger partial charge >= 0.3 is 11.9 Å². The van der Waals surface area contributed by atoms with Crippen molar-refractivity contribution in [1.82, 2.24) is 4.90 Å². The number of carbonyl (C=O) groups is 4. The average molecular weight is 505 g/mol. The maximum absolute atomic E-state index is 13.8. The number of ketones is 1. The Morgan fingerprint density at radius 1 is 1.06 bits per heavy atom. The molecule has 1 aliphatic heterocycles. The monoisotopic (exact) mass is 504 g/mol. The summed E-state index contributed by atoms with van der Waals surface area (Å²) in [6.07, 6.45) is 0.859. The van der Waals surface area contributed by atoms with Crippen LogP contribution in [0.1, 0.15) is 50.0 Å². The number of carbonyl (C=O) groups excluding carboxylic acids is 3. The van der Waals surface area contributed by atoms with E-state index in [2.05, 4.69) is 0 Å². The van der Waals surface area contributed by atoms with Gasteiger partial charge in [-0.1, -0.05) is 20.8 Å². The van der Waals surface area contributed by atoms with Crippen LogP contribution in [0.5, 0.6) is 11.5 Å². The minimum Gasteiger partial charge on any atom is -0.493 e. The lowest BCUT2D eigenvalue weighted by Gasteiger charge is -2.59. The number of ether oxygens (including phenoxy) is 2. The van der Waals surface area contributed by atoms with Crippen LogP contribution in [0, 0.1) is 17.3 Å². The van der Waals surface area contributed by atoms with Crippen molar-refractivity contribution in [1.29, 1.82) is 0 Å². The van der Waals surface area contributed by atoms with Crippen LogP contribution >= 0.6 is 0 Å². The predicted octanol–water partition coefficient (Wildman–Crippen LogP) is 2.96. The fourth-order valence-corrected chi connectivity index (χ4v) is 6.54. The van der Waals surface area contributed by atoms with Gasteiger partial charge in [0, 0.05) is 11.5 Å². The van der Waals surface area contributed by atoms with Crippen molar-refractivity contribution >= 4 is 32.6 Å². The third kappa shape index (κ3) is 4.38. The first-order valence-electron chi connectivity index (χ1n) is 11.6. The second-order valence-electron chi connectivity index (χ2n) is 10.5. The molecule has 1 fully saturated rings. The first-order chi connectivity index (χ1) is 16.2. The number of hydrogen-bond donors (Lipinski definition) is 1. The van der Waals surface area contributed by atoms with Crippen molar-refractivity contribution in [2.75, 3.05) is 14.2 Å². The zero-order valence-corrected chi connectivity index (χ0v) is 22.6. The number of carboxylic acid groups (broad SMARTS) is 1. The van der Waals surface area contributed by atoms with Gasteiger partial charge in [0.15, 0.2) is 17.3 Å². The highest BCUT2D eigenvalue weighted by molar-refractivity contribution is 6.48. The van der Waals surface area contributed by atoms with E-state index in [1.807, 2.05) is 40.8 Å². The van der Waals surface area contributed by atoms with E-state index in [0.717, 1.165) is 10.5 Å². The number of likely N-dealkylation sites (tertiary alicyclic amines) is 1. The summed E-state index contributed by atoms with van der Waals surface area (Å²) >= 11 is 0. The lowest BCUT2D eigenvalue weighted by molar-refractivity contribution is -0.196. The van der Waals surface area contributed by atoms with E-state index in [0.29, 0.717) is 29.9 Å². The molecular formula is C25H34NO8Si. The molecule has 0 aromatic heterocycles. The topological polar surface area (TPSA) is 119 Å². The van der Waals surface area contributed by atoms with Gasteiger partial charge in [-0.15, -0.1) is 0 Å². The number of hydrogen-bond acceptors (Lipinski definition) is 7. The Balaban J connectivity index is 2.12. The van der Waals surface area contributed by atoms with Crippen LogP contribution in [0.3, 0.4) is 0 Å². The number of rotatable bonds is 6. The van der Waals surface area contributed by atoms with E-state index in [4.69, 9.17) is 13.9 Å². The standard InChI is InChI=1S/C25H34NO8Si/c1-24(2,3)25(4,34-35(7)8)18-19(26(21(18)28)22(29)23(30)31)14-10-9-13-11-16(32-5)17(33-6)12-15(13)20(14)27/h11-12,14,18-19H,9-10H2,1-8H3,(H,30,31)/t14-,18-,19-,25-/m1/s1. The van der Waals surface area contributed by atoms with Gasteiger partial charge in [-0.25, -0.2) is 4.79 Å². The van der Waals surface area contributed by atoms with Crippen molar-refractivity contribution in [2.45, 2.75) is 65.3 Å². The summed E-state index contributed by atoms with van der Waals surface area (Å²) in [4.78, 5) is 52.1. The molecule has 1 radical (unpaired) electrons. The molecule has 1 saturated heterocycles. The maximum atomic E-state index is 13.8. The smallest absolute Gasteiger partial charge is 0.395 e. The SMILES string of the molecule is COc1cc2c(cc1OC)C(=O)[C@@H]([C@@H]1[C@@H]([C@@](C)(O[Si](C)C)C(C)(C)C)C(=O)N1C(=O)C(=O)O)CC2. The van der Waals surface area contributed by atoms with Crippen LogP contribution in [-0.2, 0) is 25.2 Å². The number of fused-ring (bicyclic) bond motifs is 1. The van der Waals surface area contributed by atoms with Crippen LogP contribution in [-0.4, -0.2) is 68.5 Å². The number of methoxy groups -OCH3 is 2. The Morgan fingerprint density at radius 2 is 1.63 bits per heavy atom. The molecule has 1 aliphatic carbocycles. The zero-order valence-electron chi connectivity index (χ0n) is 21.6. The highest BCUT2D eigenvalue weighted by atomic mass is 28.3. The van der Waals surface area contributed by atoms with E-state index in [9.17, 15) is 24.3 Å². The van der Waals surface area contributed by atoms with E-state index < -0.39 is 55.7 Å². The van der Waals surface area contributed by atoms with Crippen molar-refractivity contribution in [3.8, 4) is 11.5 Å². The molecule has 0 bridgehead atoms. The van der Waals surface area contributed by atoms with Crippen LogP contribution < -0.4 is 9.47 Å². The third-order valence-electron chi connectivity index (χ3n) is 7.39. The van der Waals surface area contributed by atoms with E-state index in [1.54, 1.807) is 12.1 Å². The van der Waals surface area contributed by atoms with Crippen molar-refractivity contribution < 1.29 is 38.2 Å². The number of carboxylic acids is 1. The van der Waals surface area contributed by atoms with Gasteiger partial charge in [0.05, 0.1) is 31.8 Å². The van der Waals surface area contributed by atoms with E-state index in [-0.39, 0.29) is 5.78 Å². The summed E-state index contributed by atoms with van der Waals surface area (Å²) in [6, 6.07) is 2.45. The first kappa shape index (κ1) is 26.9. The molecule has 2 aliphatic rings. The Hall–Kier alpha value is -2.72. The molecule has 0 spiro atoms. The summed E-state index contributed by atoms with van der Waals surface area (Å²) in [5.74, 6) is -4.63. The molecule has 0 saturated carbocycles. The van der Waals surface area contributed by atoms with Gasteiger partial charge in [-0.2, -0.15) is 0 Å². The van der Waals surface area contributed by atoms with Gasteiger partial charge < -0.3 is 19.0 Å². The number of imide groups is 1. The van der Waals surface area contributed by atoms with Gasteiger partial charge in [0.25, 0.3) is 0 Å². The number of aliphatic carboxylic acids is 1. The average Bonchev–Trinajstić information content (AvgIpc) is 2.75. The third-order valence-corrected chi connectivity index (χ3v) is 8.22. The van der Waals surface area contributed by atoms with Gasteiger partial charge in [-0.05, 0) is 56.0 Å². The number of benzene rings is 1. The number of aryl methyl sites for hydroxylation is 1. The van der Waals surface area contributed by atoms with Gasteiger partial charge in [-0.3, -0.25) is 19.3 Å². The summed E-state index contributed by atoms with van der Waals surface area (Å²) < 4.78 is 17.1. The highest BCUT2D eigenvalue weighted by Crippen LogP contribution is 2.51. The molecule has 1 aromatic carbocycles. The number of amides is 2. The maximum Gasteiger partial charge on any atom is 0.395 e. The van der Waals surface area contributed by atoms with Crippen LogP contribution in [0.25, 0.3) is 0 Å². The Bertz CT molecular complexity index is 1060. The summed E-state index contributed by atoms with van der Waals surface area (Å²) in [5, 5.41) is 9.41. The fourth-order valence-electron chi connectivity index (χ4n) is 5.25. The van der Waals surface area contributed by atoms with Crippen LogP contribution in [0.2, 0.25) is 13.1 Å². The largest absolute Gasteiger partial charge is 0.493 e. The minimum atomic E-state index is -1.73. The second-order valence-corrected chi connectivity index (χ2v) is 12.5. The number of Topliss-reactive ketones (excluding diaryl/α,β-unsaturated/α-hetero) is 1. The molecule has 10 heteroatoms. The van der Waals surface area contributed by atoms with Gasteiger partial charge in [0.2, 0.25) is 14.9 Å². The second kappa shape index (κ2) is 9.38. The molecule has 4 atom stereocenters. The minimum absolute atomic E-state index is 0.257. The summed E-state index contributed by atoms with van der Waals surface area (Å²) in [6.45, 7) is 11.6. The molecule has 1 aromatic rings. The predicted molar refractivity (Wildman–Crippen MR) is 129 cm³/mol. The molecule has 2 amide bonds. The number of nitrogens with zero attached hydrogens (tertiary/aromatic N) is 1. The van der Waals surface area contributed by atoms with Crippen LogP contribution in [0.15, 0.2) is 12.1 Å². The fraction of sp³-hybridized carbons (Fsp3) is 0.600. The molecule has 1 N–H and O–H groups in total. The molecular weight excluding hydrogens is 470 g/mol. The quantitative estimate of drug-likeness (QED) is 0.357. The lowest BCUT2D eigenvalue weighted by Crippen LogP contribution is -2.76. The van der Waals surface area contributed by atoms with Crippen LogP contribution in [0.4, 0.5) is 0 Å². The molecule has 1 heterocycles. The van der Waals surface area contributed by atoms with Crippen molar-refractivity contribution in [2.24, 2.45) is 17.3 Å². The zero-order chi connectivity index (χ0) is 26.5.